The smallest absolute Gasteiger partial charge is 0.240 e. The molecule has 3 atom stereocenters. The highest BCUT2D eigenvalue weighted by Gasteiger charge is 2.48. The standard InChI is InChI=1S/C13H19N3O2/c1-17-10-6-15-12(13(16-10)18-2)11(14)9-4-7-3-8(7)5-9/h6-9,11H,3-5,14H2,1-2H3. The Balaban J connectivity index is 1.81. The lowest BCUT2D eigenvalue weighted by Crippen LogP contribution is -2.22. The maximum absolute atomic E-state index is 6.33. The molecule has 2 N–H and O–H groups in total. The molecule has 0 aromatic carbocycles. The van der Waals surface area contributed by atoms with Gasteiger partial charge in [0.05, 0.1) is 26.5 Å². The van der Waals surface area contributed by atoms with E-state index in [9.17, 15) is 0 Å². The lowest BCUT2D eigenvalue weighted by molar-refractivity contribution is 0.336. The minimum Gasteiger partial charge on any atom is -0.480 e. The molecule has 5 nitrogen and oxygen atoms in total. The first-order valence-corrected chi connectivity index (χ1v) is 6.43. The van der Waals surface area contributed by atoms with Crippen molar-refractivity contribution >= 4 is 0 Å². The summed E-state index contributed by atoms with van der Waals surface area (Å²) in [6.45, 7) is 0. The van der Waals surface area contributed by atoms with Gasteiger partial charge in [0.15, 0.2) is 0 Å². The summed E-state index contributed by atoms with van der Waals surface area (Å²) < 4.78 is 10.3. The van der Waals surface area contributed by atoms with Crippen molar-refractivity contribution in [3.8, 4) is 11.8 Å². The zero-order valence-corrected chi connectivity index (χ0v) is 10.8. The molecule has 0 saturated heterocycles. The molecule has 5 heteroatoms. The van der Waals surface area contributed by atoms with Crippen molar-refractivity contribution in [3.63, 3.8) is 0 Å². The molecule has 0 bridgehead atoms. The normalized spacial score (nSPS) is 30.7. The molecule has 18 heavy (non-hydrogen) atoms. The molecule has 2 saturated carbocycles. The Morgan fingerprint density at radius 2 is 1.94 bits per heavy atom. The first-order valence-electron chi connectivity index (χ1n) is 6.43. The quantitative estimate of drug-likeness (QED) is 0.876. The fraction of sp³-hybridized carbons (Fsp3) is 0.692. The predicted molar refractivity (Wildman–Crippen MR) is 66.4 cm³/mol. The monoisotopic (exact) mass is 249 g/mol. The predicted octanol–water partition coefficient (Wildman–Crippen LogP) is 1.54. The van der Waals surface area contributed by atoms with Crippen LogP contribution >= 0.6 is 0 Å². The second kappa shape index (κ2) is 4.39. The van der Waals surface area contributed by atoms with E-state index in [2.05, 4.69) is 9.97 Å². The molecule has 2 aliphatic rings. The largest absolute Gasteiger partial charge is 0.480 e. The van der Waals surface area contributed by atoms with Gasteiger partial charge in [-0.25, -0.2) is 4.98 Å². The van der Waals surface area contributed by atoms with Crippen LogP contribution in [0.15, 0.2) is 6.20 Å². The van der Waals surface area contributed by atoms with Crippen molar-refractivity contribution in [2.24, 2.45) is 23.5 Å². The summed E-state index contributed by atoms with van der Waals surface area (Å²) in [5, 5.41) is 0. The van der Waals surface area contributed by atoms with E-state index in [1.165, 1.54) is 19.3 Å². The van der Waals surface area contributed by atoms with E-state index in [4.69, 9.17) is 15.2 Å². The zero-order valence-electron chi connectivity index (χ0n) is 10.8. The van der Waals surface area contributed by atoms with Gasteiger partial charge in [0.2, 0.25) is 11.8 Å². The number of ether oxygens (including phenoxy) is 2. The molecule has 1 heterocycles. The van der Waals surface area contributed by atoms with E-state index in [1.807, 2.05) is 0 Å². The Morgan fingerprint density at radius 3 is 2.56 bits per heavy atom. The minimum absolute atomic E-state index is 0.0776. The third-order valence-corrected chi connectivity index (χ3v) is 4.25. The fourth-order valence-corrected chi connectivity index (χ4v) is 3.12. The van der Waals surface area contributed by atoms with Crippen molar-refractivity contribution in [1.29, 1.82) is 0 Å². The number of aromatic nitrogens is 2. The summed E-state index contributed by atoms with van der Waals surface area (Å²) in [4.78, 5) is 8.61. The first kappa shape index (κ1) is 11.7. The van der Waals surface area contributed by atoms with Gasteiger partial charge in [-0.1, -0.05) is 0 Å². The van der Waals surface area contributed by atoms with Crippen LogP contribution in [-0.2, 0) is 0 Å². The van der Waals surface area contributed by atoms with Crippen LogP contribution in [0.2, 0.25) is 0 Å². The topological polar surface area (TPSA) is 70.3 Å². The fourth-order valence-electron chi connectivity index (χ4n) is 3.12. The molecule has 0 amide bonds. The maximum atomic E-state index is 6.33. The van der Waals surface area contributed by atoms with E-state index >= 15 is 0 Å². The molecule has 0 aliphatic heterocycles. The van der Waals surface area contributed by atoms with Crippen molar-refractivity contribution in [3.05, 3.63) is 11.9 Å². The lowest BCUT2D eigenvalue weighted by Gasteiger charge is -2.21. The van der Waals surface area contributed by atoms with E-state index in [1.54, 1.807) is 20.4 Å². The number of methoxy groups -OCH3 is 2. The molecular weight excluding hydrogens is 230 g/mol. The van der Waals surface area contributed by atoms with Gasteiger partial charge in [-0.15, -0.1) is 0 Å². The number of fused-ring (bicyclic) bond motifs is 1. The van der Waals surface area contributed by atoms with E-state index < -0.39 is 0 Å². The highest BCUT2D eigenvalue weighted by Crippen LogP contribution is 2.56. The number of hydrogen-bond acceptors (Lipinski definition) is 5. The lowest BCUT2D eigenvalue weighted by atomic mass is 9.93. The van der Waals surface area contributed by atoms with Gasteiger partial charge in [0.25, 0.3) is 0 Å². The highest BCUT2D eigenvalue weighted by molar-refractivity contribution is 5.26. The van der Waals surface area contributed by atoms with Crippen LogP contribution in [0.1, 0.15) is 31.0 Å². The van der Waals surface area contributed by atoms with Crippen LogP contribution in [0.5, 0.6) is 11.8 Å². The third kappa shape index (κ3) is 1.92. The average molecular weight is 249 g/mol. The Morgan fingerprint density at radius 1 is 1.22 bits per heavy atom. The van der Waals surface area contributed by atoms with Crippen molar-refractivity contribution < 1.29 is 9.47 Å². The summed E-state index contributed by atoms with van der Waals surface area (Å²) in [6.07, 6.45) is 5.45. The number of nitrogens with zero attached hydrogens (tertiary/aromatic N) is 2. The van der Waals surface area contributed by atoms with Crippen LogP contribution in [-0.4, -0.2) is 24.2 Å². The maximum Gasteiger partial charge on any atom is 0.240 e. The van der Waals surface area contributed by atoms with Crippen LogP contribution in [0.4, 0.5) is 0 Å². The molecule has 2 aliphatic carbocycles. The van der Waals surface area contributed by atoms with E-state index in [-0.39, 0.29) is 6.04 Å². The average Bonchev–Trinajstić information content (AvgIpc) is 3.03. The van der Waals surface area contributed by atoms with Gasteiger partial charge in [-0.05, 0) is 37.0 Å². The number of nitrogens with two attached hydrogens (primary N) is 1. The summed E-state index contributed by atoms with van der Waals surface area (Å²) >= 11 is 0. The number of rotatable bonds is 4. The van der Waals surface area contributed by atoms with E-state index in [0.29, 0.717) is 17.7 Å². The molecule has 0 radical (unpaired) electrons. The molecule has 2 fully saturated rings. The summed E-state index contributed by atoms with van der Waals surface area (Å²) in [6, 6.07) is -0.0776. The highest BCUT2D eigenvalue weighted by atomic mass is 16.5. The zero-order chi connectivity index (χ0) is 12.7. The Hall–Kier alpha value is -1.36. The molecule has 3 rings (SSSR count). The third-order valence-electron chi connectivity index (χ3n) is 4.25. The second-order valence-electron chi connectivity index (χ2n) is 5.32. The van der Waals surface area contributed by atoms with Crippen molar-refractivity contribution in [2.75, 3.05) is 14.2 Å². The van der Waals surface area contributed by atoms with Crippen molar-refractivity contribution in [1.82, 2.24) is 9.97 Å². The van der Waals surface area contributed by atoms with Gasteiger partial charge in [0, 0.05) is 0 Å². The summed E-state index contributed by atoms with van der Waals surface area (Å²) in [5.41, 5.74) is 7.08. The van der Waals surface area contributed by atoms with Crippen LogP contribution in [0.3, 0.4) is 0 Å². The van der Waals surface area contributed by atoms with Gasteiger partial charge in [0.1, 0.15) is 5.69 Å². The Bertz CT molecular complexity index is 442. The molecule has 1 aromatic rings. The van der Waals surface area contributed by atoms with Gasteiger partial charge in [-0.3, -0.25) is 0 Å². The van der Waals surface area contributed by atoms with Crippen LogP contribution < -0.4 is 15.2 Å². The van der Waals surface area contributed by atoms with E-state index in [0.717, 1.165) is 17.5 Å². The molecule has 1 aromatic heterocycles. The molecule has 3 unspecified atom stereocenters. The Kier molecular flexibility index (Phi) is 2.86. The number of hydrogen-bond donors (Lipinski definition) is 1. The van der Waals surface area contributed by atoms with Gasteiger partial charge < -0.3 is 15.2 Å². The summed E-state index contributed by atoms with van der Waals surface area (Å²) in [5.74, 6) is 3.29. The molecular formula is C13H19N3O2. The summed E-state index contributed by atoms with van der Waals surface area (Å²) in [7, 11) is 3.15. The van der Waals surface area contributed by atoms with Crippen LogP contribution in [0.25, 0.3) is 0 Å². The Labute approximate surface area is 107 Å². The minimum atomic E-state index is -0.0776. The first-order chi connectivity index (χ1) is 8.72. The molecule has 0 spiro atoms. The SMILES string of the molecule is COc1cnc(C(N)C2CC3CC3C2)c(OC)n1. The van der Waals surface area contributed by atoms with Gasteiger partial charge >= 0.3 is 0 Å². The van der Waals surface area contributed by atoms with Crippen molar-refractivity contribution in [2.45, 2.75) is 25.3 Å². The van der Waals surface area contributed by atoms with Gasteiger partial charge in [-0.2, -0.15) is 4.98 Å². The molecule has 98 valence electrons. The van der Waals surface area contributed by atoms with Crippen LogP contribution in [0, 0.1) is 17.8 Å². The second-order valence-corrected chi connectivity index (χ2v) is 5.32.